The summed E-state index contributed by atoms with van der Waals surface area (Å²) in [4.78, 5) is 28.0. The lowest BCUT2D eigenvalue weighted by Gasteiger charge is -2.46. The van der Waals surface area contributed by atoms with Crippen LogP contribution in [-0.2, 0) is 14.3 Å². The van der Waals surface area contributed by atoms with Crippen molar-refractivity contribution in [3.63, 3.8) is 0 Å². The predicted molar refractivity (Wildman–Crippen MR) is 93.5 cm³/mol. The first-order valence-electron chi connectivity index (χ1n) is 8.82. The van der Waals surface area contributed by atoms with E-state index in [0.29, 0.717) is 26.2 Å². The zero-order chi connectivity index (χ0) is 18.0. The Morgan fingerprint density at radius 1 is 1.28 bits per heavy atom. The van der Waals surface area contributed by atoms with Crippen molar-refractivity contribution in [3.05, 3.63) is 29.3 Å². The van der Waals surface area contributed by atoms with Crippen LogP contribution in [0.15, 0.2) is 18.2 Å². The van der Waals surface area contributed by atoms with Crippen LogP contribution < -0.4 is 4.74 Å². The fourth-order valence-corrected chi connectivity index (χ4v) is 3.68. The molecule has 136 valence electrons. The SMILES string of the molecule is CC(=O)N1CCOC2CCN(C(=O)COc3ccc(C)cc3C)CC21. The van der Waals surface area contributed by atoms with Crippen molar-refractivity contribution in [1.29, 1.82) is 0 Å². The molecule has 2 fully saturated rings. The number of hydrogen-bond donors (Lipinski definition) is 0. The van der Waals surface area contributed by atoms with Gasteiger partial charge in [-0.25, -0.2) is 0 Å². The lowest BCUT2D eigenvalue weighted by molar-refractivity contribution is -0.156. The molecule has 6 heteroatoms. The molecule has 0 aliphatic carbocycles. The largest absolute Gasteiger partial charge is 0.484 e. The number of carbonyl (C=O) groups is 2. The first kappa shape index (κ1) is 17.7. The Morgan fingerprint density at radius 3 is 2.80 bits per heavy atom. The molecule has 2 aliphatic heterocycles. The number of carbonyl (C=O) groups excluding carboxylic acids is 2. The van der Waals surface area contributed by atoms with Crippen LogP contribution in [0, 0.1) is 13.8 Å². The Hall–Kier alpha value is -2.08. The predicted octanol–water partition coefficient (Wildman–Crippen LogP) is 1.53. The van der Waals surface area contributed by atoms with Gasteiger partial charge in [0, 0.05) is 26.6 Å². The minimum absolute atomic E-state index is 0.0161. The molecular formula is C19H26N2O4. The number of piperidine rings is 1. The second kappa shape index (κ2) is 7.44. The van der Waals surface area contributed by atoms with Gasteiger partial charge < -0.3 is 19.3 Å². The number of aryl methyl sites for hydroxylation is 2. The molecule has 2 amide bonds. The molecule has 0 aromatic heterocycles. The molecule has 6 nitrogen and oxygen atoms in total. The number of morpholine rings is 1. The molecule has 0 N–H and O–H groups in total. The van der Waals surface area contributed by atoms with E-state index in [9.17, 15) is 9.59 Å². The molecule has 2 unspecified atom stereocenters. The molecular weight excluding hydrogens is 320 g/mol. The van der Waals surface area contributed by atoms with Crippen LogP contribution in [0.2, 0.25) is 0 Å². The molecule has 0 bridgehead atoms. The average Bonchev–Trinajstić information content (AvgIpc) is 2.59. The number of hydrogen-bond acceptors (Lipinski definition) is 4. The second-order valence-corrected chi connectivity index (χ2v) is 6.88. The summed E-state index contributed by atoms with van der Waals surface area (Å²) in [5, 5.41) is 0. The van der Waals surface area contributed by atoms with Gasteiger partial charge >= 0.3 is 0 Å². The highest BCUT2D eigenvalue weighted by Gasteiger charge is 2.39. The smallest absolute Gasteiger partial charge is 0.260 e. The summed E-state index contributed by atoms with van der Waals surface area (Å²) >= 11 is 0. The molecule has 2 heterocycles. The van der Waals surface area contributed by atoms with Crippen LogP contribution in [-0.4, -0.2) is 66.6 Å². The van der Waals surface area contributed by atoms with Crippen LogP contribution in [0.3, 0.4) is 0 Å². The highest BCUT2D eigenvalue weighted by molar-refractivity contribution is 5.78. The number of likely N-dealkylation sites (tertiary alicyclic amines) is 1. The summed E-state index contributed by atoms with van der Waals surface area (Å²) in [6.07, 6.45) is 0.783. The van der Waals surface area contributed by atoms with Crippen molar-refractivity contribution < 1.29 is 19.1 Å². The molecule has 2 saturated heterocycles. The second-order valence-electron chi connectivity index (χ2n) is 6.88. The van der Waals surface area contributed by atoms with Gasteiger partial charge in [-0.3, -0.25) is 9.59 Å². The van der Waals surface area contributed by atoms with Crippen molar-refractivity contribution in [2.45, 2.75) is 39.3 Å². The fraction of sp³-hybridized carbons (Fsp3) is 0.579. The van der Waals surface area contributed by atoms with Crippen LogP contribution in [0.5, 0.6) is 5.75 Å². The molecule has 3 rings (SSSR count). The lowest BCUT2D eigenvalue weighted by atomic mass is 9.98. The van der Waals surface area contributed by atoms with Gasteiger partial charge in [0.05, 0.1) is 18.8 Å². The van der Waals surface area contributed by atoms with Crippen molar-refractivity contribution in [2.24, 2.45) is 0 Å². The molecule has 0 spiro atoms. The van der Waals surface area contributed by atoms with E-state index in [2.05, 4.69) is 0 Å². The van der Waals surface area contributed by atoms with Crippen LogP contribution in [0.25, 0.3) is 0 Å². The van der Waals surface area contributed by atoms with Crippen molar-refractivity contribution in [3.8, 4) is 5.75 Å². The van der Waals surface area contributed by atoms with Gasteiger partial charge in [0.2, 0.25) is 5.91 Å². The Labute approximate surface area is 148 Å². The first-order valence-corrected chi connectivity index (χ1v) is 8.82. The number of amides is 2. The third kappa shape index (κ3) is 3.95. The van der Waals surface area contributed by atoms with E-state index in [1.165, 1.54) is 5.56 Å². The van der Waals surface area contributed by atoms with Gasteiger partial charge in [-0.05, 0) is 31.9 Å². The Morgan fingerprint density at radius 2 is 2.08 bits per heavy atom. The highest BCUT2D eigenvalue weighted by atomic mass is 16.5. The number of rotatable bonds is 3. The van der Waals surface area contributed by atoms with E-state index in [-0.39, 0.29) is 30.6 Å². The third-order valence-electron chi connectivity index (χ3n) is 5.02. The van der Waals surface area contributed by atoms with Crippen LogP contribution in [0.4, 0.5) is 0 Å². The fourth-order valence-electron chi connectivity index (χ4n) is 3.68. The standard InChI is InChI=1S/C19H26N2O4/c1-13-4-5-17(14(2)10-13)25-12-19(23)20-7-6-18-16(11-20)21(15(3)22)8-9-24-18/h4-5,10,16,18H,6-9,11-12H2,1-3H3. The third-order valence-corrected chi connectivity index (χ3v) is 5.02. The van der Waals surface area contributed by atoms with Crippen molar-refractivity contribution in [2.75, 3.05) is 32.8 Å². The van der Waals surface area contributed by atoms with Gasteiger partial charge in [-0.15, -0.1) is 0 Å². The van der Waals surface area contributed by atoms with E-state index >= 15 is 0 Å². The minimum atomic E-state index is -0.0509. The van der Waals surface area contributed by atoms with Crippen molar-refractivity contribution in [1.82, 2.24) is 9.80 Å². The quantitative estimate of drug-likeness (QED) is 0.833. The Balaban J connectivity index is 1.60. The van der Waals surface area contributed by atoms with Gasteiger partial charge in [0.1, 0.15) is 5.75 Å². The summed E-state index contributed by atoms with van der Waals surface area (Å²) < 4.78 is 11.5. The molecule has 1 aromatic rings. The maximum absolute atomic E-state index is 12.6. The average molecular weight is 346 g/mol. The zero-order valence-corrected chi connectivity index (χ0v) is 15.2. The summed E-state index contributed by atoms with van der Waals surface area (Å²) in [6.45, 7) is 7.92. The minimum Gasteiger partial charge on any atom is -0.484 e. The summed E-state index contributed by atoms with van der Waals surface area (Å²) in [5.74, 6) is 0.729. The monoisotopic (exact) mass is 346 g/mol. The van der Waals surface area contributed by atoms with E-state index in [0.717, 1.165) is 17.7 Å². The van der Waals surface area contributed by atoms with Gasteiger partial charge in [-0.2, -0.15) is 0 Å². The Kier molecular flexibility index (Phi) is 5.27. The number of fused-ring (bicyclic) bond motifs is 1. The first-order chi connectivity index (χ1) is 12.0. The van der Waals surface area contributed by atoms with E-state index in [1.807, 2.05) is 36.9 Å². The maximum atomic E-state index is 12.6. The van der Waals surface area contributed by atoms with E-state index < -0.39 is 0 Å². The molecule has 1 aromatic carbocycles. The number of ether oxygens (including phenoxy) is 2. The van der Waals surface area contributed by atoms with E-state index in [4.69, 9.17) is 9.47 Å². The number of nitrogens with zero attached hydrogens (tertiary/aromatic N) is 2. The zero-order valence-electron chi connectivity index (χ0n) is 15.2. The van der Waals surface area contributed by atoms with Crippen molar-refractivity contribution >= 4 is 11.8 Å². The van der Waals surface area contributed by atoms with Gasteiger partial charge in [0.25, 0.3) is 5.91 Å². The summed E-state index contributed by atoms with van der Waals surface area (Å²) in [7, 11) is 0. The topological polar surface area (TPSA) is 59.1 Å². The van der Waals surface area contributed by atoms with E-state index in [1.54, 1.807) is 11.8 Å². The van der Waals surface area contributed by atoms with Gasteiger partial charge in [0.15, 0.2) is 6.61 Å². The van der Waals surface area contributed by atoms with Gasteiger partial charge in [-0.1, -0.05) is 17.7 Å². The summed E-state index contributed by atoms with van der Waals surface area (Å²) in [5.41, 5.74) is 2.19. The molecule has 2 aliphatic rings. The maximum Gasteiger partial charge on any atom is 0.260 e. The molecule has 0 saturated carbocycles. The summed E-state index contributed by atoms with van der Waals surface area (Å²) in [6, 6.07) is 5.86. The molecule has 2 atom stereocenters. The Bertz CT molecular complexity index is 661. The normalized spacial score (nSPS) is 23.2. The molecule has 0 radical (unpaired) electrons. The molecule has 25 heavy (non-hydrogen) atoms. The highest BCUT2D eigenvalue weighted by Crippen LogP contribution is 2.24. The lowest BCUT2D eigenvalue weighted by Crippen LogP contribution is -2.62. The van der Waals surface area contributed by atoms with Crippen LogP contribution in [0.1, 0.15) is 24.5 Å². The van der Waals surface area contributed by atoms with Crippen LogP contribution >= 0.6 is 0 Å². The number of benzene rings is 1.